The predicted octanol–water partition coefficient (Wildman–Crippen LogP) is 3.02. The van der Waals surface area contributed by atoms with Gasteiger partial charge in [0.15, 0.2) is 11.0 Å². The molecule has 1 aromatic carbocycles. The summed E-state index contributed by atoms with van der Waals surface area (Å²) in [5.41, 5.74) is -0.391. The number of carbonyl (C=O) groups is 2. The first-order valence-corrected chi connectivity index (χ1v) is 5.44. The van der Waals surface area contributed by atoms with Crippen LogP contribution in [0.1, 0.15) is 20.9 Å². The molecule has 2 rings (SSSR count). The molecule has 1 amide bonds. The van der Waals surface area contributed by atoms with Crippen LogP contribution in [-0.2, 0) is 0 Å². The Balaban J connectivity index is 2.30. The number of aromatic carboxylic acids is 1. The first kappa shape index (κ1) is 13.1. The van der Waals surface area contributed by atoms with Crippen LogP contribution in [0.4, 0.5) is 10.1 Å². The zero-order chi connectivity index (χ0) is 14.0. The summed E-state index contributed by atoms with van der Waals surface area (Å²) in [7, 11) is 0. The van der Waals surface area contributed by atoms with Gasteiger partial charge in [0.2, 0.25) is 0 Å². The van der Waals surface area contributed by atoms with Gasteiger partial charge in [-0.1, -0.05) is 0 Å². The van der Waals surface area contributed by atoms with Gasteiger partial charge in [0.1, 0.15) is 5.82 Å². The number of carboxylic acids is 1. The number of carbonyl (C=O) groups excluding carboxylic acids is 1. The molecular formula is C12H7ClFNO4. The molecule has 98 valence electrons. The van der Waals surface area contributed by atoms with E-state index in [-0.39, 0.29) is 22.2 Å². The number of anilines is 1. The Kier molecular flexibility index (Phi) is 3.52. The van der Waals surface area contributed by atoms with E-state index in [0.29, 0.717) is 0 Å². The molecule has 2 aromatic rings. The highest BCUT2D eigenvalue weighted by molar-refractivity contribution is 6.29. The number of benzene rings is 1. The van der Waals surface area contributed by atoms with Crippen molar-refractivity contribution >= 4 is 29.2 Å². The lowest BCUT2D eigenvalue weighted by Gasteiger charge is -2.07. The topological polar surface area (TPSA) is 79.5 Å². The first-order valence-electron chi connectivity index (χ1n) is 5.07. The molecule has 0 aliphatic rings. The maximum Gasteiger partial charge on any atom is 0.337 e. The van der Waals surface area contributed by atoms with E-state index in [1.807, 2.05) is 0 Å². The minimum Gasteiger partial charge on any atom is -0.478 e. The zero-order valence-electron chi connectivity index (χ0n) is 9.31. The number of carboxylic acid groups (broad SMARTS) is 1. The molecular weight excluding hydrogens is 277 g/mol. The van der Waals surface area contributed by atoms with Crippen molar-refractivity contribution in [3.63, 3.8) is 0 Å². The van der Waals surface area contributed by atoms with E-state index in [4.69, 9.17) is 21.1 Å². The summed E-state index contributed by atoms with van der Waals surface area (Å²) >= 11 is 5.51. The molecule has 1 aromatic heterocycles. The molecule has 0 spiro atoms. The summed E-state index contributed by atoms with van der Waals surface area (Å²) in [5, 5.41) is 11.2. The Morgan fingerprint density at radius 3 is 2.58 bits per heavy atom. The number of hydrogen-bond acceptors (Lipinski definition) is 3. The van der Waals surface area contributed by atoms with Crippen LogP contribution in [-0.4, -0.2) is 17.0 Å². The summed E-state index contributed by atoms with van der Waals surface area (Å²) in [6.45, 7) is 0. The highest BCUT2D eigenvalue weighted by atomic mass is 35.5. The third-order valence-corrected chi connectivity index (χ3v) is 2.46. The van der Waals surface area contributed by atoms with Crippen molar-refractivity contribution < 1.29 is 23.5 Å². The summed E-state index contributed by atoms with van der Waals surface area (Å²) < 4.78 is 17.9. The van der Waals surface area contributed by atoms with E-state index in [0.717, 1.165) is 18.2 Å². The minimum atomic E-state index is -1.28. The lowest BCUT2D eigenvalue weighted by Crippen LogP contribution is -2.14. The summed E-state index contributed by atoms with van der Waals surface area (Å²) in [4.78, 5) is 22.7. The molecule has 0 saturated heterocycles. The van der Waals surface area contributed by atoms with Gasteiger partial charge in [-0.25, -0.2) is 9.18 Å². The van der Waals surface area contributed by atoms with E-state index in [9.17, 15) is 14.0 Å². The van der Waals surface area contributed by atoms with E-state index in [2.05, 4.69) is 5.32 Å². The van der Waals surface area contributed by atoms with Crippen LogP contribution in [0.15, 0.2) is 34.7 Å². The maximum atomic E-state index is 13.1. The molecule has 1 heterocycles. The fraction of sp³-hybridized carbons (Fsp3) is 0. The van der Waals surface area contributed by atoms with Gasteiger partial charge in [0, 0.05) is 0 Å². The van der Waals surface area contributed by atoms with Crippen LogP contribution in [0.5, 0.6) is 0 Å². The van der Waals surface area contributed by atoms with Gasteiger partial charge in [-0.2, -0.15) is 0 Å². The largest absolute Gasteiger partial charge is 0.478 e. The summed E-state index contributed by atoms with van der Waals surface area (Å²) in [6.07, 6.45) is 0. The molecule has 2 N–H and O–H groups in total. The van der Waals surface area contributed by atoms with Crippen LogP contribution >= 0.6 is 11.6 Å². The molecule has 0 fully saturated rings. The second-order valence-electron chi connectivity index (χ2n) is 3.55. The van der Waals surface area contributed by atoms with Gasteiger partial charge >= 0.3 is 5.97 Å². The Morgan fingerprint density at radius 2 is 2.00 bits per heavy atom. The monoisotopic (exact) mass is 283 g/mol. The molecule has 0 aliphatic heterocycles. The fourth-order valence-corrected chi connectivity index (χ4v) is 1.57. The molecule has 0 atom stereocenters. The van der Waals surface area contributed by atoms with E-state index in [1.165, 1.54) is 12.1 Å². The third-order valence-electron chi connectivity index (χ3n) is 2.26. The quantitative estimate of drug-likeness (QED) is 0.907. The van der Waals surface area contributed by atoms with Crippen molar-refractivity contribution in [2.45, 2.75) is 0 Å². The minimum absolute atomic E-state index is 0.0165. The van der Waals surface area contributed by atoms with Crippen molar-refractivity contribution in [3.05, 3.63) is 52.7 Å². The highest BCUT2D eigenvalue weighted by Gasteiger charge is 2.16. The third kappa shape index (κ3) is 2.92. The van der Waals surface area contributed by atoms with Crippen molar-refractivity contribution in [1.29, 1.82) is 0 Å². The number of nitrogens with one attached hydrogen (secondary N) is 1. The summed E-state index contributed by atoms with van der Waals surface area (Å²) in [6, 6.07) is 5.63. The summed E-state index contributed by atoms with van der Waals surface area (Å²) in [5.74, 6) is -2.78. The van der Waals surface area contributed by atoms with Crippen LogP contribution < -0.4 is 5.32 Å². The second kappa shape index (κ2) is 5.11. The molecule has 19 heavy (non-hydrogen) atoms. The molecule has 5 nitrogen and oxygen atoms in total. The average Bonchev–Trinajstić information content (AvgIpc) is 2.75. The molecule has 7 heteroatoms. The SMILES string of the molecule is O=C(Nc1cc(F)ccc1C(=O)O)c1ccc(Cl)o1. The fourth-order valence-electron chi connectivity index (χ4n) is 1.43. The van der Waals surface area contributed by atoms with Gasteiger partial charge in [-0.3, -0.25) is 4.79 Å². The van der Waals surface area contributed by atoms with Crippen LogP contribution in [0.25, 0.3) is 0 Å². The van der Waals surface area contributed by atoms with Gasteiger partial charge in [0.05, 0.1) is 11.3 Å². The predicted molar refractivity (Wildman–Crippen MR) is 65.0 cm³/mol. The van der Waals surface area contributed by atoms with Gasteiger partial charge in [-0.05, 0) is 41.9 Å². The lowest BCUT2D eigenvalue weighted by molar-refractivity contribution is 0.0698. The van der Waals surface area contributed by atoms with Gasteiger partial charge < -0.3 is 14.8 Å². The number of amides is 1. The standard InChI is InChI=1S/C12H7ClFNO4/c13-10-4-3-9(19-10)11(16)15-8-5-6(14)1-2-7(8)12(17)18/h1-5H,(H,15,16)(H,17,18). The molecule has 0 aliphatic carbocycles. The van der Waals surface area contributed by atoms with Gasteiger partial charge in [0.25, 0.3) is 5.91 Å². The number of halogens is 2. The van der Waals surface area contributed by atoms with Gasteiger partial charge in [-0.15, -0.1) is 0 Å². The van der Waals surface area contributed by atoms with Crippen molar-refractivity contribution in [3.8, 4) is 0 Å². The first-order chi connectivity index (χ1) is 8.97. The molecule has 0 saturated carbocycles. The Bertz CT molecular complexity index is 653. The maximum absolute atomic E-state index is 13.1. The second-order valence-corrected chi connectivity index (χ2v) is 3.93. The Morgan fingerprint density at radius 1 is 1.26 bits per heavy atom. The van der Waals surface area contributed by atoms with E-state index >= 15 is 0 Å². The van der Waals surface area contributed by atoms with E-state index in [1.54, 1.807) is 0 Å². The molecule has 0 bridgehead atoms. The van der Waals surface area contributed by atoms with Crippen LogP contribution in [0.3, 0.4) is 0 Å². The van der Waals surface area contributed by atoms with Crippen molar-refractivity contribution in [2.75, 3.05) is 5.32 Å². The Labute approximate surface area is 111 Å². The number of furan rings is 1. The van der Waals surface area contributed by atoms with Crippen molar-refractivity contribution in [1.82, 2.24) is 0 Å². The Hall–Kier alpha value is -2.34. The highest BCUT2D eigenvalue weighted by Crippen LogP contribution is 2.20. The van der Waals surface area contributed by atoms with Crippen LogP contribution in [0.2, 0.25) is 5.22 Å². The smallest absolute Gasteiger partial charge is 0.337 e. The average molecular weight is 284 g/mol. The van der Waals surface area contributed by atoms with Crippen LogP contribution in [0, 0.1) is 5.82 Å². The zero-order valence-corrected chi connectivity index (χ0v) is 10.1. The lowest BCUT2D eigenvalue weighted by atomic mass is 10.1. The number of hydrogen-bond donors (Lipinski definition) is 2. The number of rotatable bonds is 3. The molecule has 0 radical (unpaired) electrons. The van der Waals surface area contributed by atoms with E-state index < -0.39 is 17.7 Å². The van der Waals surface area contributed by atoms with Crippen molar-refractivity contribution in [2.24, 2.45) is 0 Å². The molecule has 0 unspecified atom stereocenters. The normalized spacial score (nSPS) is 10.2.